The summed E-state index contributed by atoms with van der Waals surface area (Å²) < 4.78 is 5.08. The molecular weight excluding hydrogens is 226 g/mol. The molecule has 1 aromatic carbocycles. The molecule has 94 valence electrons. The molecule has 1 aromatic rings. The number of allylic oxidation sites excluding steroid dienone is 1. The van der Waals surface area contributed by atoms with E-state index in [2.05, 4.69) is 17.5 Å². The minimum atomic E-state index is 0.0172. The number of fused-ring (bicyclic) bond motifs is 2. The maximum absolute atomic E-state index is 12.1. The van der Waals surface area contributed by atoms with E-state index in [0.29, 0.717) is 23.4 Å². The van der Waals surface area contributed by atoms with Crippen LogP contribution in [0.5, 0.6) is 5.75 Å². The number of methoxy groups -OCH3 is 1. The SMILES string of the molecule is COc1ccc(C(=O)NC2CC3C=CC2C3)cc1. The van der Waals surface area contributed by atoms with Gasteiger partial charge < -0.3 is 10.1 Å². The van der Waals surface area contributed by atoms with Gasteiger partial charge in [0.1, 0.15) is 5.75 Å². The molecule has 0 radical (unpaired) electrons. The highest BCUT2D eigenvalue weighted by atomic mass is 16.5. The first-order valence-electron chi connectivity index (χ1n) is 6.39. The third-order valence-electron chi connectivity index (χ3n) is 3.95. The molecule has 2 bridgehead atoms. The summed E-state index contributed by atoms with van der Waals surface area (Å²) in [6.45, 7) is 0. The Kier molecular flexibility index (Phi) is 2.82. The molecule has 3 rings (SSSR count). The highest BCUT2D eigenvalue weighted by Crippen LogP contribution is 2.39. The molecule has 2 aliphatic carbocycles. The Morgan fingerprint density at radius 3 is 2.56 bits per heavy atom. The van der Waals surface area contributed by atoms with Crippen molar-refractivity contribution < 1.29 is 9.53 Å². The van der Waals surface area contributed by atoms with Crippen molar-refractivity contribution in [1.82, 2.24) is 5.32 Å². The number of hydrogen-bond acceptors (Lipinski definition) is 2. The minimum absolute atomic E-state index is 0.0172. The topological polar surface area (TPSA) is 38.3 Å². The van der Waals surface area contributed by atoms with Gasteiger partial charge in [-0.1, -0.05) is 12.2 Å². The minimum Gasteiger partial charge on any atom is -0.497 e. The molecule has 3 atom stereocenters. The first kappa shape index (κ1) is 11.3. The lowest BCUT2D eigenvalue weighted by molar-refractivity contribution is 0.0931. The highest BCUT2D eigenvalue weighted by molar-refractivity contribution is 5.94. The van der Waals surface area contributed by atoms with E-state index in [0.717, 1.165) is 12.2 Å². The maximum Gasteiger partial charge on any atom is 0.251 e. The van der Waals surface area contributed by atoms with Crippen LogP contribution in [-0.4, -0.2) is 19.1 Å². The molecule has 0 heterocycles. The molecular formula is C15H17NO2. The fraction of sp³-hybridized carbons (Fsp3) is 0.400. The maximum atomic E-state index is 12.1. The molecule has 1 saturated carbocycles. The van der Waals surface area contributed by atoms with E-state index in [1.807, 2.05) is 12.1 Å². The van der Waals surface area contributed by atoms with E-state index in [-0.39, 0.29) is 5.91 Å². The predicted octanol–water partition coefficient (Wildman–Crippen LogP) is 2.39. The summed E-state index contributed by atoms with van der Waals surface area (Å²) in [4.78, 5) is 12.1. The molecule has 3 nitrogen and oxygen atoms in total. The van der Waals surface area contributed by atoms with Crippen molar-refractivity contribution in [2.45, 2.75) is 18.9 Å². The van der Waals surface area contributed by atoms with Crippen LogP contribution in [0.2, 0.25) is 0 Å². The third-order valence-corrected chi connectivity index (χ3v) is 3.95. The Labute approximate surface area is 107 Å². The van der Waals surface area contributed by atoms with Crippen molar-refractivity contribution >= 4 is 5.91 Å². The normalized spacial score (nSPS) is 28.4. The summed E-state index contributed by atoms with van der Waals surface area (Å²) in [6, 6.07) is 7.55. The number of benzene rings is 1. The molecule has 3 unspecified atom stereocenters. The van der Waals surface area contributed by atoms with Gasteiger partial charge in [-0.3, -0.25) is 4.79 Å². The van der Waals surface area contributed by atoms with Crippen LogP contribution < -0.4 is 10.1 Å². The average Bonchev–Trinajstić information content (AvgIpc) is 3.01. The number of carbonyl (C=O) groups is 1. The Morgan fingerprint density at radius 1 is 1.22 bits per heavy atom. The van der Waals surface area contributed by atoms with Crippen LogP contribution in [0, 0.1) is 11.8 Å². The summed E-state index contributed by atoms with van der Waals surface area (Å²) in [5.74, 6) is 2.01. The van der Waals surface area contributed by atoms with E-state index < -0.39 is 0 Å². The third kappa shape index (κ3) is 2.01. The molecule has 3 heteroatoms. The van der Waals surface area contributed by atoms with Crippen molar-refractivity contribution in [2.75, 3.05) is 7.11 Å². The standard InChI is InChI=1S/C15H17NO2/c1-18-13-6-4-11(5-7-13)15(17)16-14-9-10-2-3-12(14)8-10/h2-7,10,12,14H,8-9H2,1H3,(H,16,17). The van der Waals surface area contributed by atoms with Gasteiger partial charge in [0.25, 0.3) is 5.91 Å². The van der Waals surface area contributed by atoms with Gasteiger partial charge >= 0.3 is 0 Å². The fourth-order valence-electron chi connectivity index (χ4n) is 2.94. The number of hydrogen-bond donors (Lipinski definition) is 1. The Bertz CT molecular complexity index is 478. The lowest BCUT2D eigenvalue weighted by Gasteiger charge is -2.19. The Balaban J connectivity index is 1.65. The Hall–Kier alpha value is -1.77. The number of nitrogens with one attached hydrogen (secondary N) is 1. The number of ether oxygens (including phenoxy) is 1. The van der Waals surface area contributed by atoms with Gasteiger partial charge in [-0.2, -0.15) is 0 Å². The molecule has 1 fully saturated rings. The van der Waals surface area contributed by atoms with Crippen LogP contribution in [-0.2, 0) is 0 Å². The lowest BCUT2D eigenvalue weighted by atomic mass is 10.0. The average molecular weight is 243 g/mol. The zero-order valence-electron chi connectivity index (χ0n) is 10.4. The van der Waals surface area contributed by atoms with Gasteiger partial charge in [0.05, 0.1) is 7.11 Å². The first-order valence-corrected chi connectivity index (χ1v) is 6.39. The van der Waals surface area contributed by atoms with E-state index in [1.54, 1.807) is 19.2 Å². The van der Waals surface area contributed by atoms with Crippen molar-refractivity contribution in [1.29, 1.82) is 0 Å². The molecule has 1 amide bonds. The monoisotopic (exact) mass is 243 g/mol. The lowest BCUT2D eigenvalue weighted by Crippen LogP contribution is -2.37. The van der Waals surface area contributed by atoms with E-state index in [4.69, 9.17) is 4.74 Å². The van der Waals surface area contributed by atoms with Crippen LogP contribution in [0.3, 0.4) is 0 Å². The van der Waals surface area contributed by atoms with E-state index in [9.17, 15) is 4.79 Å². The second-order valence-electron chi connectivity index (χ2n) is 5.09. The second kappa shape index (κ2) is 4.48. The fourth-order valence-corrected chi connectivity index (χ4v) is 2.94. The summed E-state index contributed by atoms with van der Waals surface area (Å²) in [5.41, 5.74) is 0.697. The number of carbonyl (C=O) groups excluding carboxylic acids is 1. The van der Waals surface area contributed by atoms with Crippen LogP contribution in [0.15, 0.2) is 36.4 Å². The van der Waals surface area contributed by atoms with Gasteiger partial charge in [0, 0.05) is 11.6 Å². The molecule has 1 N–H and O–H groups in total. The van der Waals surface area contributed by atoms with E-state index in [1.165, 1.54) is 6.42 Å². The predicted molar refractivity (Wildman–Crippen MR) is 69.6 cm³/mol. The molecule has 2 aliphatic rings. The van der Waals surface area contributed by atoms with E-state index >= 15 is 0 Å². The summed E-state index contributed by atoms with van der Waals surface area (Å²) in [5, 5.41) is 3.13. The molecule has 0 aromatic heterocycles. The van der Waals surface area contributed by atoms with Crippen LogP contribution in [0.25, 0.3) is 0 Å². The summed E-state index contributed by atoms with van der Waals surface area (Å²) in [7, 11) is 1.62. The summed E-state index contributed by atoms with van der Waals surface area (Å²) >= 11 is 0. The molecule has 18 heavy (non-hydrogen) atoms. The number of rotatable bonds is 3. The van der Waals surface area contributed by atoms with Crippen molar-refractivity contribution in [3.63, 3.8) is 0 Å². The zero-order valence-corrected chi connectivity index (χ0v) is 10.4. The van der Waals surface area contributed by atoms with Crippen LogP contribution in [0.1, 0.15) is 23.2 Å². The molecule has 0 aliphatic heterocycles. The van der Waals surface area contributed by atoms with Crippen molar-refractivity contribution in [2.24, 2.45) is 11.8 Å². The molecule has 0 spiro atoms. The van der Waals surface area contributed by atoms with Crippen LogP contribution in [0.4, 0.5) is 0 Å². The summed E-state index contributed by atoms with van der Waals surface area (Å²) in [6.07, 6.45) is 6.81. The first-order chi connectivity index (χ1) is 8.76. The highest BCUT2D eigenvalue weighted by Gasteiger charge is 2.36. The quantitative estimate of drug-likeness (QED) is 0.828. The van der Waals surface area contributed by atoms with Gasteiger partial charge in [-0.25, -0.2) is 0 Å². The zero-order chi connectivity index (χ0) is 12.5. The van der Waals surface area contributed by atoms with Crippen LogP contribution >= 0.6 is 0 Å². The van der Waals surface area contributed by atoms with Gasteiger partial charge in [0.2, 0.25) is 0 Å². The van der Waals surface area contributed by atoms with Gasteiger partial charge in [-0.15, -0.1) is 0 Å². The second-order valence-corrected chi connectivity index (χ2v) is 5.09. The van der Waals surface area contributed by atoms with Gasteiger partial charge in [-0.05, 0) is 48.9 Å². The number of amides is 1. The van der Waals surface area contributed by atoms with Crippen molar-refractivity contribution in [3.8, 4) is 5.75 Å². The van der Waals surface area contributed by atoms with Gasteiger partial charge in [0.15, 0.2) is 0 Å². The smallest absolute Gasteiger partial charge is 0.251 e. The Morgan fingerprint density at radius 2 is 2.00 bits per heavy atom. The molecule has 0 saturated heterocycles. The largest absolute Gasteiger partial charge is 0.497 e. The van der Waals surface area contributed by atoms with Crippen molar-refractivity contribution in [3.05, 3.63) is 42.0 Å².